The van der Waals surface area contributed by atoms with Crippen molar-refractivity contribution in [2.45, 2.75) is 33.6 Å². The molecule has 1 N–H and O–H groups in total. The summed E-state index contributed by atoms with van der Waals surface area (Å²) in [6, 6.07) is 0. The maximum Gasteiger partial charge on any atom is 0.303 e. The van der Waals surface area contributed by atoms with Crippen LogP contribution < -0.4 is 0 Å². The van der Waals surface area contributed by atoms with E-state index in [4.69, 9.17) is 5.11 Å². The third-order valence-electron chi connectivity index (χ3n) is 1.79. The zero-order valence-corrected chi connectivity index (χ0v) is 12.4. The van der Waals surface area contributed by atoms with Crippen molar-refractivity contribution in [3.05, 3.63) is 48.6 Å². The fraction of sp³-hybridized carbons (Fsp3) is 0.375. The Morgan fingerprint density at radius 3 is 2.00 bits per heavy atom. The highest BCUT2D eigenvalue weighted by Gasteiger charge is 1.90. The molecule has 0 bridgehead atoms. The van der Waals surface area contributed by atoms with Crippen LogP contribution in [0.3, 0.4) is 0 Å². The number of allylic oxidation sites excluding steroid dienone is 7. The van der Waals surface area contributed by atoms with Crippen LogP contribution in [0.5, 0.6) is 0 Å². The lowest BCUT2D eigenvalue weighted by Crippen LogP contribution is -1.96. The summed E-state index contributed by atoms with van der Waals surface area (Å²) in [5.41, 5.74) is 0. The Kier molecular flexibility index (Phi) is 17.1. The van der Waals surface area contributed by atoms with E-state index in [1.807, 2.05) is 56.4 Å². The fourth-order valence-corrected chi connectivity index (χ4v) is 0.903. The first-order valence-electron chi connectivity index (χ1n) is 6.45. The van der Waals surface area contributed by atoms with Crippen molar-refractivity contribution < 1.29 is 19.4 Å². The van der Waals surface area contributed by atoms with Gasteiger partial charge in [0.2, 0.25) is 0 Å². The highest BCUT2D eigenvalue weighted by Crippen LogP contribution is 1.90. The van der Waals surface area contributed by atoms with E-state index >= 15 is 0 Å². The molecule has 0 amide bonds. The van der Waals surface area contributed by atoms with Gasteiger partial charge in [0.25, 0.3) is 0 Å². The predicted molar refractivity (Wildman–Crippen MR) is 81.4 cm³/mol. The molecule has 0 heterocycles. The fourth-order valence-electron chi connectivity index (χ4n) is 0.903. The van der Waals surface area contributed by atoms with Crippen molar-refractivity contribution in [3.63, 3.8) is 0 Å². The van der Waals surface area contributed by atoms with E-state index in [-0.39, 0.29) is 12.4 Å². The van der Waals surface area contributed by atoms with Crippen LogP contribution in [0.1, 0.15) is 33.6 Å². The molecule has 0 aliphatic rings. The Balaban J connectivity index is 0. The first-order chi connectivity index (χ1) is 9.54. The first kappa shape index (κ1) is 20.2. The van der Waals surface area contributed by atoms with Gasteiger partial charge in [0, 0.05) is 13.3 Å². The number of carbonyl (C=O) groups is 2. The van der Waals surface area contributed by atoms with E-state index in [0.717, 1.165) is 0 Å². The molecule has 0 spiro atoms. The molecule has 0 aromatic carbocycles. The smallest absolute Gasteiger partial charge is 0.303 e. The van der Waals surface area contributed by atoms with Gasteiger partial charge in [0.1, 0.15) is 6.61 Å². The average molecular weight is 280 g/mol. The molecule has 112 valence electrons. The zero-order chi connectivity index (χ0) is 15.6. The Labute approximate surface area is 121 Å². The molecule has 0 saturated heterocycles. The van der Waals surface area contributed by atoms with Gasteiger partial charge in [-0.2, -0.15) is 0 Å². The van der Waals surface area contributed by atoms with Crippen LogP contribution in [0.2, 0.25) is 0 Å². The Bertz CT molecular complexity index is 327. The molecular weight excluding hydrogens is 256 g/mol. The van der Waals surface area contributed by atoms with Crippen molar-refractivity contribution in [1.29, 1.82) is 0 Å². The van der Waals surface area contributed by atoms with E-state index in [9.17, 15) is 9.59 Å². The molecule has 0 radical (unpaired) electrons. The summed E-state index contributed by atoms with van der Waals surface area (Å²) in [7, 11) is 0. The molecule has 0 aromatic rings. The van der Waals surface area contributed by atoms with Gasteiger partial charge in [-0.1, -0.05) is 42.5 Å². The van der Waals surface area contributed by atoms with Gasteiger partial charge in [0.15, 0.2) is 0 Å². The third kappa shape index (κ3) is 24.9. The SMILES string of the molecule is C/C=C/C=C/CCC(=O)O.CC=CC=CCOC(C)=O. The van der Waals surface area contributed by atoms with Crippen LogP contribution in [0.15, 0.2) is 48.6 Å². The number of esters is 1. The van der Waals surface area contributed by atoms with Gasteiger partial charge in [-0.25, -0.2) is 0 Å². The minimum atomic E-state index is -0.745. The van der Waals surface area contributed by atoms with E-state index < -0.39 is 5.97 Å². The summed E-state index contributed by atoms with van der Waals surface area (Å²) in [5.74, 6) is -0.991. The maximum absolute atomic E-state index is 10.2. The Morgan fingerprint density at radius 1 is 1.00 bits per heavy atom. The minimum absolute atomic E-state index is 0.216. The standard InChI is InChI=1S/2C8H12O2/c1-3-4-5-6-7-10-8(2)9;1-2-3-4-5-6-7-8(9)10/h3-6H,7H2,1-2H3;2-5H,6-7H2,1H3,(H,9,10)/b;3-2+,5-4+. The van der Waals surface area contributed by atoms with Gasteiger partial charge in [-0.15, -0.1) is 0 Å². The predicted octanol–water partition coefficient (Wildman–Crippen LogP) is 3.67. The number of aliphatic carboxylic acids is 1. The molecular formula is C16H24O4. The van der Waals surface area contributed by atoms with Crippen molar-refractivity contribution in [3.8, 4) is 0 Å². The summed E-state index contributed by atoms with van der Waals surface area (Å²) in [4.78, 5) is 20.2. The monoisotopic (exact) mass is 280 g/mol. The lowest BCUT2D eigenvalue weighted by atomic mass is 10.3. The molecule has 0 unspecified atom stereocenters. The van der Waals surface area contributed by atoms with Gasteiger partial charge in [0.05, 0.1) is 0 Å². The van der Waals surface area contributed by atoms with Crippen LogP contribution in [0.4, 0.5) is 0 Å². The summed E-state index contributed by atoms with van der Waals surface area (Å²) in [5, 5.41) is 8.22. The number of carboxylic acids is 1. The lowest BCUT2D eigenvalue weighted by Gasteiger charge is -1.92. The van der Waals surface area contributed by atoms with Crippen LogP contribution in [-0.2, 0) is 14.3 Å². The summed E-state index contributed by atoms with van der Waals surface area (Å²) in [6.45, 7) is 5.60. The average Bonchev–Trinajstić information content (AvgIpc) is 2.38. The molecule has 0 fully saturated rings. The Morgan fingerprint density at radius 2 is 1.55 bits per heavy atom. The summed E-state index contributed by atoms with van der Waals surface area (Å²) >= 11 is 0. The third-order valence-corrected chi connectivity index (χ3v) is 1.79. The molecule has 0 aliphatic heterocycles. The summed E-state index contributed by atoms with van der Waals surface area (Å²) in [6.07, 6.45) is 15.7. The molecule has 20 heavy (non-hydrogen) atoms. The summed E-state index contributed by atoms with van der Waals surface area (Å²) < 4.78 is 4.63. The molecule has 0 atom stereocenters. The number of rotatable bonds is 7. The largest absolute Gasteiger partial charge is 0.481 e. The van der Waals surface area contributed by atoms with Crippen LogP contribution >= 0.6 is 0 Å². The quantitative estimate of drug-likeness (QED) is 0.571. The normalized spacial score (nSPS) is 11.2. The van der Waals surface area contributed by atoms with Crippen molar-refractivity contribution in [1.82, 2.24) is 0 Å². The van der Waals surface area contributed by atoms with E-state index in [1.165, 1.54) is 6.92 Å². The second kappa shape index (κ2) is 16.9. The number of hydrogen-bond donors (Lipinski definition) is 1. The minimum Gasteiger partial charge on any atom is -0.481 e. The van der Waals surface area contributed by atoms with Crippen LogP contribution in [0, 0.1) is 0 Å². The maximum atomic E-state index is 10.2. The second-order valence-electron chi connectivity index (χ2n) is 3.64. The van der Waals surface area contributed by atoms with E-state index in [0.29, 0.717) is 13.0 Å². The number of ether oxygens (including phenoxy) is 1. The number of carboxylic acid groups (broad SMARTS) is 1. The molecule has 0 aromatic heterocycles. The van der Waals surface area contributed by atoms with E-state index in [2.05, 4.69) is 4.74 Å². The number of carbonyl (C=O) groups excluding carboxylic acids is 1. The molecule has 4 heteroatoms. The van der Waals surface area contributed by atoms with Crippen molar-refractivity contribution >= 4 is 11.9 Å². The molecule has 4 nitrogen and oxygen atoms in total. The first-order valence-corrected chi connectivity index (χ1v) is 6.45. The second-order valence-corrected chi connectivity index (χ2v) is 3.64. The highest BCUT2D eigenvalue weighted by atomic mass is 16.5. The molecule has 0 rings (SSSR count). The molecule has 0 saturated carbocycles. The zero-order valence-electron chi connectivity index (χ0n) is 12.4. The van der Waals surface area contributed by atoms with Crippen LogP contribution in [0.25, 0.3) is 0 Å². The van der Waals surface area contributed by atoms with E-state index in [1.54, 1.807) is 6.08 Å². The Hall–Kier alpha value is -2.10. The van der Waals surface area contributed by atoms with Gasteiger partial charge in [-0.3, -0.25) is 9.59 Å². The van der Waals surface area contributed by atoms with Gasteiger partial charge in [-0.05, 0) is 26.3 Å². The van der Waals surface area contributed by atoms with Gasteiger partial charge >= 0.3 is 11.9 Å². The topological polar surface area (TPSA) is 63.6 Å². The van der Waals surface area contributed by atoms with Crippen molar-refractivity contribution in [2.75, 3.05) is 6.61 Å². The molecule has 0 aliphatic carbocycles. The van der Waals surface area contributed by atoms with Gasteiger partial charge < -0.3 is 9.84 Å². The highest BCUT2D eigenvalue weighted by molar-refractivity contribution is 5.66. The van der Waals surface area contributed by atoms with Crippen molar-refractivity contribution in [2.24, 2.45) is 0 Å². The van der Waals surface area contributed by atoms with Crippen LogP contribution in [-0.4, -0.2) is 23.7 Å². The lowest BCUT2D eigenvalue weighted by molar-refractivity contribution is -0.140. The number of hydrogen-bond acceptors (Lipinski definition) is 3.